The number of esters is 1. The third-order valence-electron chi connectivity index (χ3n) is 3.78. The SMILES string of the molecule is COCCNC(=O)c1ccc(NC(=O)CNc2ccc(C(=O)OC)cc2)cc1. The van der Waals surface area contributed by atoms with Crippen LogP contribution in [0.4, 0.5) is 11.4 Å². The van der Waals surface area contributed by atoms with Crippen LogP contribution in [-0.4, -0.2) is 51.7 Å². The number of carbonyl (C=O) groups excluding carboxylic acids is 3. The van der Waals surface area contributed by atoms with Crippen LogP contribution in [-0.2, 0) is 14.3 Å². The van der Waals surface area contributed by atoms with Gasteiger partial charge in [-0.2, -0.15) is 0 Å². The first-order valence-corrected chi connectivity index (χ1v) is 8.63. The monoisotopic (exact) mass is 385 g/mol. The topological polar surface area (TPSA) is 106 Å². The van der Waals surface area contributed by atoms with Crippen LogP contribution in [0.2, 0.25) is 0 Å². The van der Waals surface area contributed by atoms with Crippen molar-refractivity contribution in [1.29, 1.82) is 0 Å². The van der Waals surface area contributed by atoms with Gasteiger partial charge in [0.05, 0.1) is 25.8 Å². The lowest BCUT2D eigenvalue weighted by molar-refractivity contribution is -0.114. The van der Waals surface area contributed by atoms with E-state index in [1.165, 1.54) is 7.11 Å². The number of hydrogen-bond donors (Lipinski definition) is 3. The van der Waals surface area contributed by atoms with Crippen LogP contribution in [0.1, 0.15) is 20.7 Å². The molecule has 0 bridgehead atoms. The molecule has 0 atom stereocenters. The Labute approximate surface area is 163 Å². The summed E-state index contributed by atoms with van der Waals surface area (Å²) in [5.41, 5.74) is 2.22. The number of nitrogens with one attached hydrogen (secondary N) is 3. The molecule has 148 valence electrons. The van der Waals surface area contributed by atoms with Gasteiger partial charge in [0.15, 0.2) is 0 Å². The summed E-state index contributed by atoms with van der Waals surface area (Å²) in [6, 6.07) is 13.2. The zero-order valence-electron chi connectivity index (χ0n) is 15.8. The van der Waals surface area contributed by atoms with Crippen molar-refractivity contribution in [1.82, 2.24) is 5.32 Å². The quantitative estimate of drug-likeness (QED) is 0.450. The molecule has 0 heterocycles. The molecule has 0 fully saturated rings. The Kier molecular flexibility index (Phi) is 7.98. The molecule has 0 aliphatic heterocycles. The molecule has 28 heavy (non-hydrogen) atoms. The Morgan fingerprint density at radius 2 is 1.46 bits per heavy atom. The molecule has 2 amide bonds. The fraction of sp³-hybridized carbons (Fsp3) is 0.250. The van der Waals surface area contributed by atoms with Gasteiger partial charge >= 0.3 is 5.97 Å². The maximum atomic E-state index is 12.1. The second-order valence-corrected chi connectivity index (χ2v) is 5.80. The van der Waals surface area contributed by atoms with E-state index in [-0.39, 0.29) is 18.4 Å². The zero-order valence-corrected chi connectivity index (χ0v) is 15.8. The summed E-state index contributed by atoms with van der Waals surface area (Å²) >= 11 is 0. The predicted octanol–water partition coefficient (Wildman–Crippen LogP) is 1.90. The summed E-state index contributed by atoms with van der Waals surface area (Å²) < 4.78 is 9.51. The fourth-order valence-corrected chi connectivity index (χ4v) is 2.30. The van der Waals surface area contributed by atoms with Gasteiger partial charge in [0.25, 0.3) is 5.91 Å². The molecule has 0 aliphatic rings. The van der Waals surface area contributed by atoms with Gasteiger partial charge < -0.3 is 25.4 Å². The minimum absolute atomic E-state index is 0.0524. The first kappa shape index (κ1) is 20.9. The Hall–Kier alpha value is -3.39. The van der Waals surface area contributed by atoms with Crippen molar-refractivity contribution in [3.63, 3.8) is 0 Å². The molecule has 8 nitrogen and oxygen atoms in total. The van der Waals surface area contributed by atoms with Gasteiger partial charge in [-0.3, -0.25) is 9.59 Å². The maximum Gasteiger partial charge on any atom is 0.337 e. The predicted molar refractivity (Wildman–Crippen MR) is 106 cm³/mol. The zero-order chi connectivity index (χ0) is 20.4. The minimum atomic E-state index is -0.417. The average molecular weight is 385 g/mol. The van der Waals surface area contributed by atoms with Crippen LogP contribution in [0.15, 0.2) is 48.5 Å². The highest BCUT2D eigenvalue weighted by Crippen LogP contribution is 2.12. The lowest BCUT2D eigenvalue weighted by atomic mass is 10.2. The molecule has 0 aromatic heterocycles. The molecule has 2 aromatic rings. The van der Waals surface area contributed by atoms with E-state index in [2.05, 4.69) is 20.7 Å². The highest BCUT2D eigenvalue weighted by Gasteiger charge is 2.07. The van der Waals surface area contributed by atoms with E-state index >= 15 is 0 Å². The summed E-state index contributed by atoms with van der Waals surface area (Å²) in [6.07, 6.45) is 0. The summed E-state index contributed by atoms with van der Waals surface area (Å²) in [7, 11) is 2.88. The fourth-order valence-electron chi connectivity index (χ4n) is 2.30. The minimum Gasteiger partial charge on any atom is -0.465 e. The maximum absolute atomic E-state index is 12.1. The Morgan fingerprint density at radius 1 is 0.857 bits per heavy atom. The standard InChI is InChI=1S/C20H23N3O5/c1-27-12-11-21-19(25)14-3-9-17(10-4-14)23-18(24)13-22-16-7-5-15(6-8-16)20(26)28-2/h3-10,22H,11-13H2,1-2H3,(H,21,25)(H,23,24). The van der Waals surface area contributed by atoms with Crippen molar-refractivity contribution in [2.24, 2.45) is 0 Å². The Morgan fingerprint density at radius 3 is 2.07 bits per heavy atom. The molecule has 0 spiro atoms. The van der Waals surface area contributed by atoms with Gasteiger partial charge in [-0.1, -0.05) is 0 Å². The molecule has 8 heteroatoms. The number of hydrogen-bond acceptors (Lipinski definition) is 6. The van der Waals surface area contributed by atoms with Crippen LogP contribution in [0, 0.1) is 0 Å². The summed E-state index contributed by atoms with van der Waals surface area (Å²) in [5.74, 6) is -0.860. The van der Waals surface area contributed by atoms with Gasteiger partial charge in [0.2, 0.25) is 5.91 Å². The largest absolute Gasteiger partial charge is 0.465 e. The Balaban J connectivity index is 1.81. The van der Waals surface area contributed by atoms with Gasteiger partial charge in [0.1, 0.15) is 0 Å². The van der Waals surface area contributed by atoms with Crippen molar-refractivity contribution in [3.05, 3.63) is 59.7 Å². The second-order valence-electron chi connectivity index (χ2n) is 5.80. The number of ether oxygens (including phenoxy) is 2. The van der Waals surface area contributed by atoms with E-state index in [1.54, 1.807) is 55.6 Å². The summed E-state index contributed by atoms with van der Waals surface area (Å²) in [6.45, 7) is 0.926. The van der Waals surface area contributed by atoms with E-state index in [0.717, 1.165) is 0 Å². The number of rotatable bonds is 9. The average Bonchev–Trinajstić information content (AvgIpc) is 2.72. The smallest absolute Gasteiger partial charge is 0.337 e. The van der Waals surface area contributed by atoms with E-state index < -0.39 is 5.97 Å². The van der Waals surface area contributed by atoms with Crippen molar-refractivity contribution in [3.8, 4) is 0 Å². The second kappa shape index (κ2) is 10.7. The van der Waals surface area contributed by atoms with Crippen LogP contribution >= 0.6 is 0 Å². The molecular weight excluding hydrogens is 362 g/mol. The Bertz CT molecular complexity index is 804. The van der Waals surface area contributed by atoms with Gasteiger partial charge in [0, 0.05) is 30.6 Å². The van der Waals surface area contributed by atoms with E-state index in [0.29, 0.717) is 35.7 Å². The van der Waals surface area contributed by atoms with Crippen molar-refractivity contribution in [2.75, 3.05) is 44.5 Å². The van der Waals surface area contributed by atoms with Crippen molar-refractivity contribution in [2.45, 2.75) is 0 Å². The molecule has 2 rings (SSSR count). The first-order valence-electron chi connectivity index (χ1n) is 8.63. The van der Waals surface area contributed by atoms with Gasteiger partial charge in [-0.25, -0.2) is 4.79 Å². The van der Waals surface area contributed by atoms with Crippen LogP contribution in [0.25, 0.3) is 0 Å². The van der Waals surface area contributed by atoms with Crippen LogP contribution in [0.3, 0.4) is 0 Å². The van der Waals surface area contributed by atoms with E-state index in [9.17, 15) is 14.4 Å². The lowest BCUT2D eigenvalue weighted by Crippen LogP contribution is -2.27. The molecule has 2 aromatic carbocycles. The number of carbonyl (C=O) groups is 3. The number of anilines is 2. The normalized spacial score (nSPS) is 10.1. The third-order valence-corrected chi connectivity index (χ3v) is 3.78. The number of amides is 2. The van der Waals surface area contributed by atoms with Gasteiger partial charge in [-0.15, -0.1) is 0 Å². The first-order chi connectivity index (χ1) is 13.5. The molecule has 0 radical (unpaired) electrons. The molecule has 0 unspecified atom stereocenters. The molecular formula is C20H23N3O5. The van der Waals surface area contributed by atoms with Crippen molar-refractivity contribution < 1.29 is 23.9 Å². The molecule has 0 saturated heterocycles. The number of benzene rings is 2. The van der Waals surface area contributed by atoms with Crippen LogP contribution in [0.5, 0.6) is 0 Å². The van der Waals surface area contributed by atoms with Crippen molar-refractivity contribution >= 4 is 29.2 Å². The number of methoxy groups -OCH3 is 2. The third kappa shape index (κ3) is 6.40. The molecule has 0 saturated carbocycles. The van der Waals surface area contributed by atoms with E-state index in [1.807, 2.05) is 0 Å². The highest BCUT2D eigenvalue weighted by molar-refractivity contribution is 5.96. The highest BCUT2D eigenvalue weighted by atomic mass is 16.5. The molecule has 0 aliphatic carbocycles. The van der Waals surface area contributed by atoms with Gasteiger partial charge in [-0.05, 0) is 48.5 Å². The molecule has 3 N–H and O–H groups in total. The summed E-state index contributed by atoms with van der Waals surface area (Å²) in [4.78, 5) is 35.4. The lowest BCUT2D eigenvalue weighted by Gasteiger charge is -2.09. The van der Waals surface area contributed by atoms with E-state index in [4.69, 9.17) is 4.74 Å². The summed E-state index contributed by atoms with van der Waals surface area (Å²) in [5, 5.41) is 8.43. The van der Waals surface area contributed by atoms with Crippen LogP contribution < -0.4 is 16.0 Å².